The van der Waals surface area contributed by atoms with Gasteiger partial charge in [-0.05, 0) is 161 Å². The highest BCUT2D eigenvalue weighted by atomic mass is 32.1. The van der Waals surface area contributed by atoms with E-state index in [0.717, 1.165) is 63.2 Å². The molecule has 1 aromatic heterocycles. The Hall–Kier alpha value is -0.500. The van der Waals surface area contributed by atoms with Crippen molar-refractivity contribution in [1.29, 1.82) is 0 Å². The summed E-state index contributed by atoms with van der Waals surface area (Å²) in [5.41, 5.74) is 2.13. The molecule has 1 aromatic rings. The van der Waals surface area contributed by atoms with E-state index in [2.05, 4.69) is 40.5 Å². The summed E-state index contributed by atoms with van der Waals surface area (Å²) in [5.74, 6) is 3.36. The fourth-order valence-electron chi connectivity index (χ4n) is 11.6. The molecule has 43 heavy (non-hydrogen) atoms. The first-order valence-corrected chi connectivity index (χ1v) is 19.3. The molecule has 4 saturated carbocycles. The number of fused-ring (bicyclic) bond motifs is 5. The number of hydrogen-bond donors (Lipinski definition) is 0. The average Bonchev–Trinajstić information content (AvgIpc) is 3.83. The molecule has 2 aliphatic heterocycles. The predicted molar refractivity (Wildman–Crippen MR) is 176 cm³/mol. The van der Waals surface area contributed by atoms with E-state index in [9.17, 15) is 0 Å². The van der Waals surface area contributed by atoms with Crippen LogP contribution in [0.15, 0.2) is 16.8 Å². The Morgan fingerprint density at radius 2 is 1.53 bits per heavy atom. The van der Waals surface area contributed by atoms with Gasteiger partial charge in [0.05, 0.1) is 38.1 Å². The van der Waals surface area contributed by atoms with Crippen LogP contribution in [0.1, 0.15) is 103 Å². The topological polar surface area (TPSA) is 34.2 Å². The third kappa shape index (κ3) is 5.93. The summed E-state index contributed by atoms with van der Waals surface area (Å²) >= 11 is 1.86. The first-order valence-electron chi connectivity index (χ1n) is 18.3. The zero-order valence-electron chi connectivity index (χ0n) is 27.4. The Morgan fingerprint density at radius 1 is 0.791 bits per heavy atom. The summed E-state index contributed by atoms with van der Waals surface area (Å²) in [6.45, 7) is 15.8. The van der Waals surface area contributed by atoms with Gasteiger partial charge in [-0.3, -0.25) is 0 Å². The Bertz CT molecular complexity index is 1030. The van der Waals surface area contributed by atoms with Crippen molar-refractivity contribution in [3.63, 3.8) is 0 Å². The van der Waals surface area contributed by atoms with Crippen molar-refractivity contribution < 1.29 is 14.2 Å². The molecular formula is C37H60N2O3S. The first-order chi connectivity index (χ1) is 21.0. The van der Waals surface area contributed by atoms with E-state index in [-0.39, 0.29) is 11.0 Å². The van der Waals surface area contributed by atoms with Gasteiger partial charge in [0.25, 0.3) is 0 Å². The third-order valence-corrected chi connectivity index (χ3v) is 14.7. The summed E-state index contributed by atoms with van der Waals surface area (Å²) in [4.78, 5) is 5.15. The molecule has 6 aliphatic rings. The van der Waals surface area contributed by atoms with Crippen molar-refractivity contribution in [3.05, 3.63) is 22.4 Å². The summed E-state index contributed by atoms with van der Waals surface area (Å²) in [6, 6.07) is 2.40. The van der Waals surface area contributed by atoms with Gasteiger partial charge in [-0.2, -0.15) is 11.3 Å². The van der Waals surface area contributed by atoms with E-state index in [0.29, 0.717) is 11.5 Å². The Labute approximate surface area is 266 Å². The molecule has 2 saturated heterocycles. The van der Waals surface area contributed by atoms with E-state index in [1.165, 1.54) is 115 Å². The van der Waals surface area contributed by atoms with E-state index >= 15 is 0 Å². The van der Waals surface area contributed by atoms with E-state index in [1.807, 2.05) is 11.3 Å². The minimum Gasteiger partial charge on any atom is -0.378 e. The summed E-state index contributed by atoms with van der Waals surface area (Å²) in [6.07, 6.45) is 17.8. The minimum atomic E-state index is -0.0951. The molecular weight excluding hydrogens is 552 g/mol. The van der Waals surface area contributed by atoms with Crippen molar-refractivity contribution in [2.24, 2.45) is 34.5 Å². The molecule has 0 spiro atoms. The van der Waals surface area contributed by atoms with Crippen molar-refractivity contribution in [3.8, 4) is 0 Å². The molecule has 0 unspecified atom stereocenters. The lowest BCUT2D eigenvalue weighted by Crippen LogP contribution is -2.56. The first kappa shape index (κ1) is 31.1. The molecule has 5 nitrogen and oxygen atoms in total. The maximum atomic E-state index is 7.22. The van der Waals surface area contributed by atoms with Gasteiger partial charge in [0.2, 0.25) is 0 Å². The molecule has 7 rings (SSSR count). The van der Waals surface area contributed by atoms with Crippen molar-refractivity contribution in [2.45, 2.75) is 109 Å². The average molecular weight is 613 g/mol. The smallest absolute Gasteiger partial charge is 0.0996 e. The fourth-order valence-corrected chi connectivity index (χ4v) is 12.3. The molecule has 8 atom stereocenters. The predicted octanol–water partition coefficient (Wildman–Crippen LogP) is 7.60. The lowest BCUT2D eigenvalue weighted by molar-refractivity contribution is -0.185. The zero-order valence-corrected chi connectivity index (χ0v) is 28.2. The second-order valence-electron chi connectivity index (χ2n) is 15.8. The Kier molecular flexibility index (Phi) is 9.64. The molecule has 0 radical (unpaired) electrons. The number of hydrogen-bond acceptors (Lipinski definition) is 6. The maximum Gasteiger partial charge on any atom is 0.0996 e. The van der Waals surface area contributed by atoms with Gasteiger partial charge in [0, 0.05) is 18.5 Å². The third-order valence-electron chi connectivity index (χ3n) is 14.0. The number of rotatable bonds is 12. The second kappa shape index (κ2) is 13.3. The lowest BCUT2D eigenvalue weighted by atomic mass is 9.44. The standard InChI is InChI=1S/C37H60N2O3S/c1-35-13-9-31(41-25-24-40-22-20-38-16-3-4-17-38)27-29(35)7-8-32-33(35)10-14-36(2)34(32)11-15-37(36,30-12-26-43-28-30)42-23-21-39-18-5-6-19-39/h12,26,28-29,31-34H,3-11,13-25,27H2,1-2H3/t29-,31+,32-,33+,34+,35+,36+,37-/m1/s1. The number of likely N-dealkylation sites (tertiary alicyclic amines) is 2. The highest BCUT2D eigenvalue weighted by Crippen LogP contribution is 2.71. The van der Waals surface area contributed by atoms with Crippen LogP contribution < -0.4 is 0 Å². The summed E-state index contributed by atoms with van der Waals surface area (Å²) < 4.78 is 19.6. The van der Waals surface area contributed by atoms with Crippen molar-refractivity contribution >= 4 is 11.3 Å². The number of nitrogens with zero attached hydrogens (tertiary/aromatic N) is 2. The highest BCUT2D eigenvalue weighted by Gasteiger charge is 2.66. The van der Waals surface area contributed by atoms with Crippen LogP contribution in [0.2, 0.25) is 0 Å². The van der Waals surface area contributed by atoms with Gasteiger partial charge in [-0.1, -0.05) is 13.8 Å². The van der Waals surface area contributed by atoms with Gasteiger partial charge in [-0.25, -0.2) is 0 Å². The molecule has 0 amide bonds. The van der Waals surface area contributed by atoms with E-state index in [1.54, 1.807) is 0 Å². The molecule has 3 heterocycles. The van der Waals surface area contributed by atoms with Gasteiger partial charge in [0.1, 0.15) is 0 Å². The zero-order chi connectivity index (χ0) is 29.3. The largest absolute Gasteiger partial charge is 0.378 e. The number of thiophene rings is 1. The van der Waals surface area contributed by atoms with Crippen LogP contribution in [-0.4, -0.2) is 81.6 Å². The maximum absolute atomic E-state index is 7.22. The SMILES string of the molecule is C[C@]12CC[C@H](OCCOCCN3CCCC3)C[C@H]1CC[C@@H]1[C@@H]2CC[C@@]2(C)[C@H]1CC[C@@]2(OCCN1CCCC1)c1ccsc1. The summed E-state index contributed by atoms with van der Waals surface area (Å²) in [7, 11) is 0. The second-order valence-corrected chi connectivity index (χ2v) is 16.6. The van der Waals surface area contributed by atoms with Crippen molar-refractivity contribution in [1.82, 2.24) is 9.80 Å². The molecule has 0 bridgehead atoms. The van der Waals surface area contributed by atoms with E-state index < -0.39 is 0 Å². The number of ether oxygens (including phenoxy) is 3. The van der Waals surface area contributed by atoms with Crippen LogP contribution in [0.5, 0.6) is 0 Å². The fraction of sp³-hybridized carbons (Fsp3) is 0.892. The van der Waals surface area contributed by atoms with Crippen LogP contribution in [0, 0.1) is 34.5 Å². The van der Waals surface area contributed by atoms with Crippen molar-refractivity contribution in [2.75, 3.05) is 65.7 Å². The summed E-state index contributed by atoms with van der Waals surface area (Å²) in [5, 5.41) is 4.71. The van der Waals surface area contributed by atoms with Crippen LogP contribution in [0.3, 0.4) is 0 Å². The minimum absolute atomic E-state index is 0.0951. The Balaban J connectivity index is 0.955. The normalized spacial score (nSPS) is 41.8. The van der Waals surface area contributed by atoms with Gasteiger partial charge >= 0.3 is 0 Å². The van der Waals surface area contributed by atoms with Gasteiger partial charge < -0.3 is 24.0 Å². The van der Waals surface area contributed by atoms with Crippen LogP contribution in [0.4, 0.5) is 0 Å². The Morgan fingerprint density at radius 3 is 2.28 bits per heavy atom. The molecule has 0 aromatic carbocycles. The molecule has 6 fully saturated rings. The lowest BCUT2D eigenvalue weighted by Gasteiger charge is -2.62. The van der Waals surface area contributed by atoms with Crippen LogP contribution in [-0.2, 0) is 19.8 Å². The molecule has 4 aliphatic carbocycles. The molecule has 0 N–H and O–H groups in total. The highest BCUT2D eigenvalue weighted by molar-refractivity contribution is 7.08. The molecule has 6 heteroatoms. The van der Waals surface area contributed by atoms with Gasteiger partial charge in [-0.15, -0.1) is 0 Å². The monoisotopic (exact) mass is 612 g/mol. The van der Waals surface area contributed by atoms with Gasteiger partial charge in [0.15, 0.2) is 0 Å². The van der Waals surface area contributed by atoms with Crippen LogP contribution in [0.25, 0.3) is 0 Å². The molecule has 242 valence electrons. The van der Waals surface area contributed by atoms with E-state index in [4.69, 9.17) is 14.2 Å². The van der Waals surface area contributed by atoms with Crippen LogP contribution >= 0.6 is 11.3 Å². The quantitative estimate of drug-likeness (QED) is 0.227.